The van der Waals surface area contributed by atoms with Crippen LogP contribution in [0.3, 0.4) is 0 Å². The van der Waals surface area contributed by atoms with E-state index in [1.807, 2.05) is 0 Å². The summed E-state index contributed by atoms with van der Waals surface area (Å²) in [6, 6.07) is 0. The van der Waals surface area contributed by atoms with Crippen LogP contribution in [0.25, 0.3) is 0 Å². The van der Waals surface area contributed by atoms with E-state index in [2.05, 4.69) is 0 Å². The number of carboxylic acids is 2. The van der Waals surface area contributed by atoms with Crippen molar-refractivity contribution in [2.45, 2.75) is 12.5 Å². The molecule has 0 aliphatic carbocycles. The van der Waals surface area contributed by atoms with Crippen LogP contribution in [-0.2, 0) is 9.59 Å². The van der Waals surface area contributed by atoms with Crippen LogP contribution in [0, 0.1) is 0 Å². The van der Waals surface area contributed by atoms with E-state index >= 15 is 0 Å². The fourth-order valence-corrected chi connectivity index (χ4v) is 0.245. The Morgan fingerprint density at radius 1 is 1.50 bits per heavy atom. The summed E-state index contributed by atoms with van der Waals surface area (Å²) in [5.74, 6) is -3.14. The van der Waals surface area contributed by atoms with E-state index < -0.39 is 24.5 Å². The molecule has 6 nitrogen and oxygen atoms in total. The van der Waals surface area contributed by atoms with Gasteiger partial charge in [-0.2, -0.15) is 0 Å². The smallest absolute Gasteiger partial charge is 0.332 e. The molecule has 0 saturated heterocycles. The maximum Gasteiger partial charge on any atom is 0.332 e. The lowest BCUT2D eigenvalue weighted by molar-refractivity contribution is -0.307. The molecule has 0 amide bonds. The van der Waals surface area contributed by atoms with Crippen LogP contribution in [0.2, 0.25) is 0 Å². The number of hydrogen-bond donors (Lipinski definition) is 3. The van der Waals surface area contributed by atoms with Crippen LogP contribution in [0.4, 0.5) is 0 Å². The number of carboxylic acid groups (broad SMARTS) is 2. The zero-order chi connectivity index (χ0) is 7.44. The molecular weight excluding hydrogens is 142 g/mol. The minimum atomic E-state index is -1.85. The molecule has 6 heteroatoms. The standard InChI is InChI=1S/C4H6O5.H3N/c5-2(4(8)9)1-3(6)7;/h2,5H,1H2,(H,6,7)(H,8,9);1H3/t2-;/m0./s1. The highest BCUT2D eigenvalue weighted by atomic mass is 16.4. The van der Waals surface area contributed by atoms with Crippen molar-refractivity contribution in [1.82, 2.24) is 6.15 Å². The number of carbonyl (C=O) groups is 2. The predicted molar refractivity (Wildman–Crippen MR) is 29.3 cm³/mol. The molecule has 0 aromatic carbocycles. The SMILES string of the molecule is O=C([O-])C[C@H](O)C(=O)O.[NH4+]. The molecule has 0 heterocycles. The van der Waals surface area contributed by atoms with E-state index in [9.17, 15) is 14.7 Å². The fraction of sp³-hybridized carbons (Fsp3) is 0.500. The third kappa shape index (κ3) is 5.01. The zero-order valence-electron chi connectivity index (χ0n) is 5.40. The van der Waals surface area contributed by atoms with Crippen molar-refractivity contribution in [3.63, 3.8) is 0 Å². The molecule has 60 valence electrons. The van der Waals surface area contributed by atoms with Gasteiger partial charge in [-0.25, -0.2) is 4.79 Å². The average molecular weight is 151 g/mol. The summed E-state index contributed by atoms with van der Waals surface area (Å²) in [6.45, 7) is 0. The van der Waals surface area contributed by atoms with Gasteiger partial charge in [0.2, 0.25) is 0 Å². The minimum absolute atomic E-state index is 0. The lowest BCUT2D eigenvalue weighted by Crippen LogP contribution is -2.31. The van der Waals surface area contributed by atoms with E-state index in [0.717, 1.165) is 0 Å². The van der Waals surface area contributed by atoms with Gasteiger partial charge < -0.3 is 26.3 Å². The number of aliphatic carboxylic acids is 2. The molecule has 0 aromatic heterocycles. The third-order valence-corrected chi connectivity index (χ3v) is 0.645. The van der Waals surface area contributed by atoms with Gasteiger partial charge >= 0.3 is 5.97 Å². The summed E-state index contributed by atoms with van der Waals surface area (Å²) in [5, 5.41) is 25.7. The first-order valence-corrected chi connectivity index (χ1v) is 2.14. The van der Waals surface area contributed by atoms with Gasteiger partial charge in [-0.1, -0.05) is 0 Å². The first-order valence-electron chi connectivity index (χ1n) is 2.14. The number of aliphatic hydroxyl groups is 1. The normalized spacial score (nSPS) is 11.3. The second-order valence-corrected chi connectivity index (χ2v) is 1.43. The quantitative estimate of drug-likeness (QED) is 0.426. The number of rotatable bonds is 3. The summed E-state index contributed by atoms with van der Waals surface area (Å²) >= 11 is 0. The largest absolute Gasteiger partial charge is 0.550 e. The Balaban J connectivity index is 0. The van der Waals surface area contributed by atoms with Crippen molar-refractivity contribution in [2.24, 2.45) is 0 Å². The maximum absolute atomic E-state index is 9.69. The van der Waals surface area contributed by atoms with E-state index in [1.165, 1.54) is 0 Å². The van der Waals surface area contributed by atoms with Crippen molar-refractivity contribution >= 4 is 11.9 Å². The second kappa shape index (κ2) is 4.71. The van der Waals surface area contributed by atoms with Gasteiger partial charge in [0.05, 0.1) is 0 Å². The van der Waals surface area contributed by atoms with Crippen LogP contribution < -0.4 is 11.3 Å². The Bertz CT molecular complexity index is 134. The van der Waals surface area contributed by atoms with Gasteiger partial charge in [0.25, 0.3) is 0 Å². The summed E-state index contributed by atoms with van der Waals surface area (Å²) in [5.41, 5.74) is 0. The number of hydrogen-bond acceptors (Lipinski definition) is 4. The summed E-state index contributed by atoms with van der Waals surface area (Å²) in [7, 11) is 0. The first kappa shape index (κ1) is 11.6. The van der Waals surface area contributed by atoms with Crippen molar-refractivity contribution in [1.29, 1.82) is 0 Å². The van der Waals surface area contributed by atoms with Crippen LogP contribution in [0.5, 0.6) is 0 Å². The lowest BCUT2D eigenvalue weighted by Gasteiger charge is -2.03. The lowest BCUT2D eigenvalue weighted by atomic mass is 10.3. The zero-order valence-corrected chi connectivity index (χ0v) is 5.40. The molecule has 0 spiro atoms. The Hall–Kier alpha value is -1.14. The Morgan fingerprint density at radius 2 is 1.90 bits per heavy atom. The third-order valence-electron chi connectivity index (χ3n) is 0.645. The van der Waals surface area contributed by atoms with Gasteiger partial charge in [0.1, 0.15) is 0 Å². The van der Waals surface area contributed by atoms with Crippen molar-refractivity contribution in [2.75, 3.05) is 0 Å². The highest BCUT2D eigenvalue weighted by Crippen LogP contribution is 1.87. The van der Waals surface area contributed by atoms with E-state index in [4.69, 9.17) is 10.2 Å². The van der Waals surface area contributed by atoms with Gasteiger partial charge in [0, 0.05) is 12.4 Å². The Morgan fingerprint density at radius 3 is 2.00 bits per heavy atom. The molecule has 0 fully saturated rings. The van der Waals surface area contributed by atoms with Crippen LogP contribution in [0.1, 0.15) is 6.42 Å². The Kier molecular flexibility index (Phi) is 5.48. The highest BCUT2D eigenvalue weighted by Gasteiger charge is 2.11. The fourth-order valence-electron chi connectivity index (χ4n) is 0.245. The van der Waals surface area contributed by atoms with Gasteiger partial charge in [-0.3, -0.25) is 0 Å². The summed E-state index contributed by atoms with van der Waals surface area (Å²) < 4.78 is 0. The monoisotopic (exact) mass is 151 g/mol. The van der Waals surface area contributed by atoms with Crippen molar-refractivity contribution in [3.8, 4) is 0 Å². The molecule has 0 saturated carbocycles. The highest BCUT2D eigenvalue weighted by molar-refractivity contribution is 5.78. The number of quaternary nitrogens is 1. The van der Waals surface area contributed by atoms with E-state index in [-0.39, 0.29) is 6.15 Å². The molecule has 0 radical (unpaired) electrons. The predicted octanol–water partition coefficient (Wildman–Crippen LogP) is -2.05. The molecule has 1 atom stereocenters. The van der Waals surface area contributed by atoms with Crippen LogP contribution >= 0.6 is 0 Å². The van der Waals surface area contributed by atoms with Gasteiger partial charge in [-0.05, 0) is 0 Å². The topological polar surface area (TPSA) is 134 Å². The summed E-state index contributed by atoms with van der Waals surface area (Å²) in [4.78, 5) is 19.3. The molecule has 0 aliphatic heterocycles. The first-order chi connectivity index (χ1) is 4.04. The molecule has 0 bridgehead atoms. The molecule has 10 heavy (non-hydrogen) atoms. The van der Waals surface area contributed by atoms with E-state index in [0.29, 0.717) is 0 Å². The minimum Gasteiger partial charge on any atom is -0.550 e. The maximum atomic E-state index is 9.69. The van der Waals surface area contributed by atoms with Crippen molar-refractivity contribution < 1.29 is 24.9 Å². The van der Waals surface area contributed by atoms with Crippen LogP contribution in [0.15, 0.2) is 0 Å². The van der Waals surface area contributed by atoms with Gasteiger partial charge in [-0.15, -0.1) is 0 Å². The van der Waals surface area contributed by atoms with Crippen LogP contribution in [-0.4, -0.2) is 28.3 Å². The molecule has 0 unspecified atom stereocenters. The second-order valence-electron chi connectivity index (χ2n) is 1.43. The van der Waals surface area contributed by atoms with Gasteiger partial charge in [0.15, 0.2) is 6.10 Å². The molecule has 0 aliphatic rings. The Labute approximate surface area is 56.7 Å². The van der Waals surface area contributed by atoms with Crippen molar-refractivity contribution in [3.05, 3.63) is 0 Å². The number of aliphatic hydroxyl groups excluding tert-OH is 1. The van der Waals surface area contributed by atoms with E-state index in [1.54, 1.807) is 0 Å². The molecular formula is C4H9NO5. The molecule has 0 aromatic rings. The molecule has 0 rings (SSSR count). The average Bonchev–Trinajstić information content (AvgIpc) is 1.63. The summed E-state index contributed by atoms with van der Waals surface area (Å²) in [6.07, 6.45) is -2.72. The molecule has 6 N–H and O–H groups in total. The number of carbonyl (C=O) groups excluding carboxylic acids is 1.